The Labute approximate surface area is 106 Å². The smallest absolute Gasteiger partial charge is 0.256 e. The van der Waals surface area contributed by atoms with Crippen LogP contribution in [-0.2, 0) is 0 Å². The van der Waals surface area contributed by atoms with Gasteiger partial charge in [0.2, 0.25) is 5.95 Å². The van der Waals surface area contributed by atoms with Gasteiger partial charge in [0.1, 0.15) is 0 Å². The normalized spacial score (nSPS) is 13.2. The third-order valence-electron chi connectivity index (χ3n) is 2.77. The molecule has 1 heterocycles. The van der Waals surface area contributed by atoms with Gasteiger partial charge in [0.05, 0.1) is 5.56 Å². The minimum atomic E-state index is -0.786. The van der Waals surface area contributed by atoms with Gasteiger partial charge in [-0.15, -0.1) is 0 Å². The number of nitrogens with one attached hydrogen (secondary N) is 1. The van der Waals surface area contributed by atoms with E-state index in [0.29, 0.717) is 6.42 Å². The van der Waals surface area contributed by atoms with E-state index in [1.165, 1.54) is 18.3 Å². The first kappa shape index (κ1) is 14.6. The average Bonchev–Trinajstić information content (AvgIpc) is 2.27. The molecule has 0 spiro atoms. The van der Waals surface area contributed by atoms with Gasteiger partial charge in [-0.25, -0.2) is 4.98 Å². The molecule has 2 N–H and O–H groups in total. The van der Waals surface area contributed by atoms with E-state index in [9.17, 15) is 9.18 Å². The third kappa shape index (κ3) is 3.77. The molecule has 18 heavy (non-hydrogen) atoms. The summed E-state index contributed by atoms with van der Waals surface area (Å²) in [5, 5.41) is 11.7. The molecule has 0 bridgehead atoms. The van der Waals surface area contributed by atoms with Gasteiger partial charge in [0.25, 0.3) is 5.91 Å². The van der Waals surface area contributed by atoms with E-state index in [-0.39, 0.29) is 23.6 Å². The molecular weight excluding hydrogens is 235 g/mol. The molecule has 1 amide bonds. The first-order chi connectivity index (χ1) is 8.36. The lowest BCUT2D eigenvalue weighted by Crippen LogP contribution is -2.44. The lowest BCUT2D eigenvalue weighted by molar-refractivity contribution is 0.0880. The molecule has 5 heteroatoms. The number of hydrogen-bond donors (Lipinski definition) is 2. The maximum atomic E-state index is 13.4. The Morgan fingerprint density at radius 3 is 2.72 bits per heavy atom. The number of hydrogen-bond acceptors (Lipinski definition) is 3. The van der Waals surface area contributed by atoms with Crippen molar-refractivity contribution in [2.75, 3.05) is 6.61 Å². The number of aliphatic hydroxyl groups is 1. The van der Waals surface area contributed by atoms with Crippen molar-refractivity contribution in [3.8, 4) is 0 Å². The van der Waals surface area contributed by atoms with Gasteiger partial charge in [0, 0.05) is 18.8 Å². The lowest BCUT2D eigenvalue weighted by atomic mass is 9.85. The first-order valence-corrected chi connectivity index (χ1v) is 5.88. The van der Waals surface area contributed by atoms with Gasteiger partial charge < -0.3 is 10.4 Å². The summed E-state index contributed by atoms with van der Waals surface area (Å²) in [5.41, 5.74) is -0.290. The van der Waals surface area contributed by atoms with Crippen molar-refractivity contribution in [3.05, 3.63) is 29.8 Å². The van der Waals surface area contributed by atoms with Gasteiger partial charge in [-0.05, 0) is 24.0 Å². The topological polar surface area (TPSA) is 62.2 Å². The Morgan fingerprint density at radius 2 is 2.22 bits per heavy atom. The van der Waals surface area contributed by atoms with E-state index in [1.807, 2.05) is 20.8 Å². The highest BCUT2D eigenvalue weighted by atomic mass is 19.1. The van der Waals surface area contributed by atoms with Crippen LogP contribution in [0.4, 0.5) is 4.39 Å². The largest absolute Gasteiger partial charge is 0.396 e. The fourth-order valence-corrected chi connectivity index (χ4v) is 1.64. The number of aliphatic hydroxyl groups excluding tert-OH is 1. The highest BCUT2D eigenvalue weighted by Gasteiger charge is 2.26. The summed E-state index contributed by atoms with van der Waals surface area (Å²) < 4.78 is 13.4. The second-order valence-electron chi connectivity index (χ2n) is 5.25. The van der Waals surface area contributed by atoms with Crippen LogP contribution in [0.2, 0.25) is 0 Å². The zero-order valence-corrected chi connectivity index (χ0v) is 10.9. The molecule has 1 rings (SSSR count). The Hall–Kier alpha value is -1.49. The summed E-state index contributed by atoms with van der Waals surface area (Å²) in [4.78, 5) is 15.4. The summed E-state index contributed by atoms with van der Waals surface area (Å²) in [5.74, 6) is -1.29. The van der Waals surface area contributed by atoms with Gasteiger partial charge in [-0.3, -0.25) is 4.79 Å². The summed E-state index contributed by atoms with van der Waals surface area (Å²) in [6.45, 7) is 5.82. The van der Waals surface area contributed by atoms with Crippen LogP contribution in [0.25, 0.3) is 0 Å². The molecular formula is C13H19FN2O2. The van der Waals surface area contributed by atoms with Gasteiger partial charge >= 0.3 is 0 Å². The molecule has 1 unspecified atom stereocenters. The first-order valence-electron chi connectivity index (χ1n) is 5.88. The van der Waals surface area contributed by atoms with E-state index in [1.54, 1.807) is 0 Å². The fraction of sp³-hybridized carbons (Fsp3) is 0.538. The van der Waals surface area contributed by atoms with Crippen LogP contribution >= 0.6 is 0 Å². The quantitative estimate of drug-likeness (QED) is 0.805. The van der Waals surface area contributed by atoms with E-state index in [0.717, 1.165) is 0 Å². The Bertz CT molecular complexity index is 416. The Morgan fingerprint density at radius 1 is 1.56 bits per heavy atom. The molecule has 0 aliphatic carbocycles. The van der Waals surface area contributed by atoms with E-state index >= 15 is 0 Å². The molecule has 0 aromatic carbocycles. The molecule has 100 valence electrons. The van der Waals surface area contributed by atoms with E-state index < -0.39 is 11.9 Å². The molecule has 4 nitrogen and oxygen atoms in total. The van der Waals surface area contributed by atoms with Crippen LogP contribution < -0.4 is 5.32 Å². The number of carbonyl (C=O) groups excluding carboxylic acids is 1. The molecule has 0 aliphatic heterocycles. The number of nitrogens with zero attached hydrogens (tertiary/aromatic N) is 1. The fourth-order valence-electron chi connectivity index (χ4n) is 1.64. The molecule has 0 saturated heterocycles. The molecule has 1 aromatic heterocycles. The van der Waals surface area contributed by atoms with Crippen molar-refractivity contribution >= 4 is 5.91 Å². The molecule has 1 atom stereocenters. The number of halogens is 1. The summed E-state index contributed by atoms with van der Waals surface area (Å²) in [7, 11) is 0. The minimum absolute atomic E-state index is 0.0300. The molecule has 1 aromatic rings. The maximum absolute atomic E-state index is 13.4. The predicted octanol–water partition coefficient (Wildman–Crippen LogP) is 1.75. The molecule has 0 radical (unpaired) electrons. The third-order valence-corrected chi connectivity index (χ3v) is 2.77. The highest BCUT2D eigenvalue weighted by molar-refractivity contribution is 5.94. The van der Waals surface area contributed by atoms with Crippen LogP contribution in [0.15, 0.2) is 18.3 Å². The number of pyridine rings is 1. The van der Waals surface area contributed by atoms with Gasteiger partial charge in [-0.1, -0.05) is 20.8 Å². The summed E-state index contributed by atoms with van der Waals surface area (Å²) in [6, 6.07) is 2.67. The summed E-state index contributed by atoms with van der Waals surface area (Å²) in [6.07, 6.45) is 1.72. The predicted molar refractivity (Wildman–Crippen MR) is 66.6 cm³/mol. The molecule has 0 aliphatic rings. The highest BCUT2D eigenvalue weighted by Crippen LogP contribution is 2.22. The number of amides is 1. The van der Waals surface area contributed by atoms with Crippen LogP contribution in [0, 0.1) is 11.4 Å². The van der Waals surface area contributed by atoms with Crippen molar-refractivity contribution in [2.24, 2.45) is 5.41 Å². The van der Waals surface area contributed by atoms with Crippen molar-refractivity contribution in [2.45, 2.75) is 33.2 Å². The van der Waals surface area contributed by atoms with E-state index in [4.69, 9.17) is 5.11 Å². The van der Waals surface area contributed by atoms with Crippen molar-refractivity contribution in [1.82, 2.24) is 10.3 Å². The Balaban J connectivity index is 2.82. The zero-order chi connectivity index (χ0) is 13.8. The van der Waals surface area contributed by atoms with Gasteiger partial charge in [0.15, 0.2) is 0 Å². The summed E-state index contributed by atoms with van der Waals surface area (Å²) >= 11 is 0. The van der Waals surface area contributed by atoms with Crippen molar-refractivity contribution in [3.63, 3.8) is 0 Å². The number of rotatable bonds is 4. The Kier molecular flexibility index (Phi) is 4.78. The van der Waals surface area contributed by atoms with Crippen molar-refractivity contribution in [1.29, 1.82) is 0 Å². The van der Waals surface area contributed by atoms with Gasteiger partial charge in [-0.2, -0.15) is 4.39 Å². The standard InChI is InChI=1S/C13H19FN2O2/c1-13(2,3)10(6-8-17)16-12(18)9-5-4-7-15-11(9)14/h4-5,7,10,17H,6,8H2,1-3H3,(H,16,18). The van der Waals surface area contributed by atoms with Crippen molar-refractivity contribution < 1.29 is 14.3 Å². The SMILES string of the molecule is CC(C)(C)C(CCO)NC(=O)c1cccnc1F. The second-order valence-corrected chi connectivity index (χ2v) is 5.25. The van der Waals surface area contributed by atoms with Crippen LogP contribution in [0.5, 0.6) is 0 Å². The molecule has 0 saturated carbocycles. The zero-order valence-electron chi connectivity index (χ0n) is 10.9. The number of aromatic nitrogens is 1. The average molecular weight is 254 g/mol. The molecule has 0 fully saturated rings. The van der Waals surface area contributed by atoms with E-state index in [2.05, 4.69) is 10.3 Å². The van der Waals surface area contributed by atoms with Crippen LogP contribution in [0.3, 0.4) is 0 Å². The van der Waals surface area contributed by atoms with Crippen LogP contribution in [0.1, 0.15) is 37.6 Å². The lowest BCUT2D eigenvalue weighted by Gasteiger charge is -2.31. The van der Waals surface area contributed by atoms with Crippen LogP contribution in [-0.4, -0.2) is 28.6 Å². The minimum Gasteiger partial charge on any atom is -0.396 e. The second kappa shape index (κ2) is 5.91. The monoisotopic (exact) mass is 254 g/mol. The maximum Gasteiger partial charge on any atom is 0.256 e. The number of carbonyl (C=O) groups is 1.